The molecule has 0 amide bonds. The average Bonchev–Trinajstić information content (AvgIpc) is 2.72. The van der Waals surface area contributed by atoms with Crippen molar-refractivity contribution in [3.63, 3.8) is 0 Å². The molecular formula is C23H30N2O4. The van der Waals surface area contributed by atoms with Crippen LogP contribution >= 0.6 is 0 Å². The number of ether oxygens (including phenoxy) is 3. The summed E-state index contributed by atoms with van der Waals surface area (Å²) in [6.07, 6.45) is 1.51. The Morgan fingerprint density at radius 2 is 1.79 bits per heavy atom. The maximum atomic E-state index is 12.7. The molecule has 0 radical (unpaired) electrons. The lowest BCUT2D eigenvalue weighted by atomic mass is 9.97. The van der Waals surface area contributed by atoms with E-state index < -0.39 is 12.0 Å². The molecule has 0 aromatic heterocycles. The van der Waals surface area contributed by atoms with Gasteiger partial charge in [0.15, 0.2) is 11.5 Å². The lowest BCUT2D eigenvalue weighted by Gasteiger charge is -2.19. The minimum Gasteiger partial charge on any atom is -0.493 e. The standard InChI is InChI=1S/C23H30N2O4/c1-4-13-28-19-11-10-18(15-20(19)27-3)22(25)21(16(2)24)23(26)29-14-12-17-8-6-5-7-9-17/h5-11,15,22H,4,12-14,24-25H2,1-3H3/b21-16+. The molecule has 0 aliphatic rings. The second-order valence-corrected chi connectivity index (χ2v) is 6.70. The Bertz CT molecular complexity index is 830. The van der Waals surface area contributed by atoms with Gasteiger partial charge in [0.1, 0.15) is 0 Å². The largest absolute Gasteiger partial charge is 0.493 e. The molecule has 6 nitrogen and oxygen atoms in total. The maximum absolute atomic E-state index is 12.7. The first-order valence-corrected chi connectivity index (χ1v) is 9.71. The van der Waals surface area contributed by atoms with Crippen molar-refractivity contribution in [1.82, 2.24) is 0 Å². The monoisotopic (exact) mass is 398 g/mol. The molecule has 0 heterocycles. The minimum absolute atomic E-state index is 0.238. The number of methoxy groups -OCH3 is 1. The molecule has 0 fully saturated rings. The number of nitrogens with two attached hydrogens (primary N) is 2. The third-order valence-electron chi connectivity index (χ3n) is 4.43. The molecule has 0 saturated heterocycles. The van der Waals surface area contributed by atoms with E-state index in [1.165, 1.54) is 0 Å². The highest BCUT2D eigenvalue weighted by Gasteiger charge is 2.24. The number of benzene rings is 2. The van der Waals surface area contributed by atoms with Crippen LogP contribution in [0.4, 0.5) is 0 Å². The van der Waals surface area contributed by atoms with E-state index in [0.29, 0.717) is 35.8 Å². The summed E-state index contributed by atoms with van der Waals surface area (Å²) in [7, 11) is 1.56. The van der Waals surface area contributed by atoms with Gasteiger partial charge in [-0.2, -0.15) is 0 Å². The van der Waals surface area contributed by atoms with Crippen molar-refractivity contribution >= 4 is 5.97 Å². The quantitative estimate of drug-likeness (QED) is 0.470. The SMILES string of the molecule is CCCOc1ccc(C(N)/C(C(=O)OCCc2ccccc2)=C(/C)N)cc1OC. The van der Waals surface area contributed by atoms with Crippen molar-refractivity contribution in [3.05, 3.63) is 70.9 Å². The van der Waals surface area contributed by atoms with Gasteiger partial charge in [0, 0.05) is 12.1 Å². The van der Waals surface area contributed by atoms with Crippen LogP contribution < -0.4 is 20.9 Å². The van der Waals surface area contributed by atoms with Crippen LogP contribution in [0.25, 0.3) is 0 Å². The molecule has 29 heavy (non-hydrogen) atoms. The Kier molecular flexibility index (Phi) is 8.55. The third-order valence-corrected chi connectivity index (χ3v) is 4.43. The second-order valence-electron chi connectivity index (χ2n) is 6.70. The first-order chi connectivity index (χ1) is 14.0. The van der Waals surface area contributed by atoms with Crippen molar-refractivity contribution in [3.8, 4) is 11.5 Å². The van der Waals surface area contributed by atoms with Gasteiger partial charge in [-0.05, 0) is 36.6 Å². The fourth-order valence-electron chi connectivity index (χ4n) is 2.89. The zero-order chi connectivity index (χ0) is 21.2. The molecular weight excluding hydrogens is 368 g/mol. The molecule has 0 aliphatic heterocycles. The van der Waals surface area contributed by atoms with E-state index in [1.807, 2.05) is 37.3 Å². The van der Waals surface area contributed by atoms with Crippen LogP contribution in [0.15, 0.2) is 59.8 Å². The smallest absolute Gasteiger partial charge is 0.337 e. The van der Waals surface area contributed by atoms with Crippen molar-refractivity contribution in [1.29, 1.82) is 0 Å². The lowest BCUT2D eigenvalue weighted by molar-refractivity contribution is -0.139. The fraction of sp³-hybridized carbons (Fsp3) is 0.348. The number of rotatable bonds is 10. The molecule has 4 N–H and O–H groups in total. The molecule has 2 rings (SSSR count). The van der Waals surface area contributed by atoms with E-state index in [-0.39, 0.29) is 12.2 Å². The third kappa shape index (κ3) is 6.26. The highest BCUT2D eigenvalue weighted by molar-refractivity contribution is 5.90. The van der Waals surface area contributed by atoms with Gasteiger partial charge in [-0.15, -0.1) is 0 Å². The van der Waals surface area contributed by atoms with Gasteiger partial charge in [0.05, 0.1) is 31.9 Å². The van der Waals surface area contributed by atoms with E-state index in [0.717, 1.165) is 12.0 Å². The Morgan fingerprint density at radius 3 is 2.41 bits per heavy atom. The normalized spacial score (nSPS) is 12.7. The van der Waals surface area contributed by atoms with Gasteiger partial charge in [0.2, 0.25) is 0 Å². The highest BCUT2D eigenvalue weighted by atomic mass is 16.5. The first kappa shape index (κ1) is 22.3. The van der Waals surface area contributed by atoms with Crippen molar-refractivity contribution in [2.75, 3.05) is 20.3 Å². The van der Waals surface area contributed by atoms with Gasteiger partial charge >= 0.3 is 5.97 Å². The Hall–Kier alpha value is -2.99. The van der Waals surface area contributed by atoms with Gasteiger partial charge in [0.25, 0.3) is 0 Å². The van der Waals surface area contributed by atoms with Gasteiger partial charge in [-0.1, -0.05) is 43.3 Å². The summed E-state index contributed by atoms with van der Waals surface area (Å²) in [6, 6.07) is 14.4. The molecule has 1 atom stereocenters. The van der Waals surface area contributed by atoms with Gasteiger partial charge in [-0.25, -0.2) is 4.79 Å². The van der Waals surface area contributed by atoms with Crippen LogP contribution in [0.3, 0.4) is 0 Å². The van der Waals surface area contributed by atoms with Crippen LogP contribution in [0.1, 0.15) is 37.4 Å². The summed E-state index contributed by atoms with van der Waals surface area (Å²) < 4.78 is 16.5. The van der Waals surface area contributed by atoms with Gasteiger partial charge in [-0.3, -0.25) is 0 Å². The summed E-state index contributed by atoms with van der Waals surface area (Å²) in [5.41, 5.74) is 14.7. The number of carbonyl (C=O) groups is 1. The average molecular weight is 399 g/mol. The summed E-state index contributed by atoms with van der Waals surface area (Å²) in [5.74, 6) is 0.669. The highest BCUT2D eigenvalue weighted by Crippen LogP contribution is 2.32. The predicted molar refractivity (Wildman–Crippen MR) is 114 cm³/mol. The first-order valence-electron chi connectivity index (χ1n) is 9.71. The summed E-state index contributed by atoms with van der Waals surface area (Å²) in [6.45, 7) is 4.51. The van der Waals surface area contributed by atoms with E-state index in [1.54, 1.807) is 32.2 Å². The van der Waals surface area contributed by atoms with E-state index in [9.17, 15) is 4.79 Å². The van der Waals surface area contributed by atoms with E-state index in [4.69, 9.17) is 25.7 Å². The minimum atomic E-state index is -0.738. The number of allylic oxidation sites excluding steroid dienone is 1. The lowest BCUT2D eigenvalue weighted by Crippen LogP contribution is -2.25. The molecule has 6 heteroatoms. The van der Waals surface area contributed by atoms with E-state index >= 15 is 0 Å². The Labute approximate surface area is 172 Å². The van der Waals surface area contributed by atoms with Crippen LogP contribution in [-0.4, -0.2) is 26.3 Å². The van der Waals surface area contributed by atoms with Crippen molar-refractivity contribution < 1.29 is 19.0 Å². The summed E-state index contributed by atoms with van der Waals surface area (Å²) >= 11 is 0. The molecule has 2 aromatic carbocycles. The van der Waals surface area contributed by atoms with Crippen LogP contribution in [0.2, 0.25) is 0 Å². The fourth-order valence-corrected chi connectivity index (χ4v) is 2.89. The molecule has 0 spiro atoms. The van der Waals surface area contributed by atoms with Crippen molar-refractivity contribution in [2.45, 2.75) is 32.7 Å². The maximum Gasteiger partial charge on any atom is 0.337 e. The zero-order valence-corrected chi connectivity index (χ0v) is 17.3. The molecule has 0 bridgehead atoms. The molecule has 1 unspecified atom stereocenters. The van der Waals surface area contributed by atoms with Crippen LogP contribution in [0.5, 0.6) is 11.5 Å². The van der Waals surface area contributed by atoms with Crippen molar-refractivity contribution in [2.24, 2.45) is 11.5 Å². The van der Waals surface area contributed by atoms with Gasteiger partial charge < -0.3 is 25.7 Å². The number of hydrogen-bond donors (Lipinski definition) is 2. The molecule has 156 valence electrons. The molecule has 2 aromatic rings. The Morgan fingerprint density at radius 1 is 1.07 bits per heavy atom. The molecule has 0 aliphatic carbocycles. The summed E-state index contributed by atoms with van der Waals surface area (Å²) in [4.78, 5) is 12.7. The number of hydrogen-bond acceptors (Lipinski definition) is 6. The predicted octanol–water partition coefficient (Wildman–Crippen LogP) is 3.50. The van der Waals surface area contributed by atoms with Crippen LogP contribution in [-0.2, 0) is 16.0 Å². The topological polar surface area (TPSA) is 96.8 Å². The molecule has 0 saturated carbocycles. The van der Waals surface area contributed by atoms with E-state index in [2.05, 4.69) is 0 Å². The zero-order valence-electron chi connectivity index (χ0n) is 17.3. The number of esters is 1. The van der Waals surface area contributed by atoms with Crippen LogP contribution in [0, 0.1) is 0 Å². The Balaban J connectivity index is 2.11. The second kappa shape index (κ2) is 11.1. The summed E-state index contributed by atoms with van der Waals surface area (Å²) in [5, 5.41) is 0. The number of carbonyl (C=O) groups excluding carboxylic acids is 1.